The van der Waals surface area contributed by atoms with Crippen LogP contribution in [0.1, 0.15) is 0 Å². The molecule has 0 heterocycles. The van der Waals surface area contributed by atoms with E-state index in [1.54, 1.807) is 5.92 Å². The molecule has 0 bridgehead atoms. The number of halogens is 1. The Bertz CT molecular complexity index is 135. The summed E-state index contributed by atoms with van der Waals surface area (Å²) in [6.45, 7) is -0.329. The molecule has 8 heavy (non-hydrogen) atoms. The topological polar surface area (TPSA) is 46.5 Å². The van der Waals surface area contributed by atoms with E-state index in [4.69, 9.17) is 4.89 Å². The van der Waals surface area contributed by atoms with Crippen molar-refractivity contribution in [2.75, 3.05) is 6.61 Å². The molecule has 0 radical (unpaired) electrons. The Kier molecular flexibility index (Phi) is 4.58. The molecular formula is C3H4FO3P. The van der Waals surface area contributed by atoms with Gasteiger partial charge in [0.05, 0.1) is 0 Å². The zero-order valence-electron chi connectivity index (χ0n) is 3.85. The van der Waals surface area contributed by atoms with Crippen molar-refractivity contribution in [2.24, 2.45) is 0 Å². The Morgan fingerprint density at radius 2 is 2.50 bits per heavy atom. The fourth-order valence-electron chi connectivity index (χ4n) is 0.125. The minimum atomic E-state index is -2.93. The molecule has 5 heteroatoms. The standard InChI is InChI=1S/C3H4FO3P/c4-2-1-3-7-8(5)6/h8H,3H2,(H,5,6). The Hall–Kier alpha value is -0.360. The maximum absolute atomic E-state index is 10.8. The highest BCUT2D eigenvalue weighted by Gasteiger charge is 1.84. The Labute approximate surface area is 46.4 Å². The van der Waals surface area contributed by atoms with Crippen LogP contribution in [0, 0.1) is 12.1 Å². The molecule has 0 rings (SSSR count). The number of hydrogen-bond acceptors (Lipinski definition) is 2. The average molecular weight is 138 g/mol. The highest BCUT2D eigenvalue weighted by molar-refractivity contribution is 7.32. The monoisotopic (exact) mass is 138 g/mol. The van der Waals surface area contributed by atoms with E-state index < -0.39 is 8.25 Å². The zero-order valence-corrected chi connectivity index (χ0v) is 4.85. The molecular weight excluding hydrogens is 134 g/mol. The predicted octanol–water partition coefficient (Wildman–Crippen LogP) is 0.315. The summed E-state index contributed by atoms with van der Waals surface area (Å²) in [4.78, 5) is 7.91. The SMILES string of the molecule is O=[PH](O)OCC#CF. The van der Waals surface area contributed by atoms with Crippen LogP contribution >= 0.6 is 8.25 Å². The van der Waals surface area contributed by atoms with E-state index in [1.807, 2.05) is 0 Å². The molecule has 1 unspecified atom stereocenters. The van der Waals surface area contributed by atoms with Crippen molar-refractivity contribution >= 4 is 8.25 Å². The quantitative estimate of drug-likeness (QED) is 0.441. The van der Waals surface area contributed by atoms with Crippen LogP contribution in [0.2, 0.25) is 0 Å². The number of hydrogen-bond donors (Lipinski definition) is 1. The fraction of sp³-hybridized carbons (Fsp3) is 0.333. The van der Waals surface area contributed by atoms with Gasteiger partial charge in [-0.05, 0) is 5.92 Å². The van der Waals surface area contributed by atoms with E-state index in [2.05, 4.69) is 4.52 Å². The van der Waals surface area contributed by atoms with Gasteiger partial charge >= 0.3 is 8.25 Å². The van der Waals surface area contributed by atoms with Gasteiger partial charge in [0.25, 0.3) is 0 Å². The van der Waals surface area contributed by atoms with Crippen molar-refractivity contribution in [1.29, 1.82) is 0 Å². The summed E-state index contributed by atoms with van der Waals surface area (Å²) in [5, 5.41) is 0. The lowest BCUT2D eigenvalue weighted by Crippen LogP contribution is -1.77. The largest absolute Gasteiger partial charge is 0.326 e. The van der Waals surface area contributed by atoms with Crippen LogP contribution in [0.4, 0.5) is 4.39 Å². The van der Waals surface area contributed by atoms with Gasteiger partial charge in [0.2, 0.25) is 0 Å². The van der Waals surface area contributed by atoms with Crippen LogP contribution in [-0.2, 0) is 9.09 Å². The molecule has 0 saturated heterocycles. The molecule has 0 fully saturated rings. The van der Waals surface area contributed by atoms with E-state index in [0.717, 1.165) is 6.17 Å². The second-order valence-corrected chi connectivity index (χ2v) is 1.65. The lowest BCUT2D eigenvalue weighted by atomic mass is 10.8. The van der Waals surface area contributed by atoms with Crippen molar-refractivity contribution < 1.29 is 18.4 Å². The summed E-state index contributed by atoms with van der Waals surface area (Å²) < 4.78 is 24.4. The minimum Gasteiger partial charge on any atom is -0.326 e. The molecule has 3 nitrogen and oxygen atoms in total. The minimum absolute atomic E-state index is 0.329. The average Bonchev–Trinajstić information content (AvgIpc) is 1.66. The van der Waals surface area contributed by atoms with Gasteiger partial charge in [-0.2, -0.15) is 0 Å². The van der Waals surface area contributed by atoms with E-state index in [9.17, 15) is 8.96 Å². The van der Waals surface area contributed by atoms with Crippen molar-refractivity contribution in [2.45, 2.75) is 0 Å². The zero-order chi connectivity index (χ0) is 6.41. The van der Waals surface area contributed by atoms with Crippen LogP contribution in [0.3, 0.4) is 0 Å². The third-order valence-corrected chi connectivity index (χ3v) is 0.726. The van der Waals surface area contributed by atoms with E-state index >= 15 is 0 Å². The lowest BCUT2D eigenvalue weighted by molar-refractivity contribution is 0.317. The van der Waals surface area contributed by atoms with E-state index in [-0.39, 0.29) is 6.61 Å². The predicted molar refractivity (Wildman–Crippen MR) is 26.1 cm³/mol. The fourth-order valence-corrected chi connectivity index (χ4v) is 0.321. The van der Waals surface area contributed by atoms with Gasteiger partial charge in [0.1, 0.15) is 12.8 Å². The molecule has 0 aromatic carbocycles. The lowest BCUT2D eigenvalue weighted by Gasteiger charge is -1.86. The van der Waals surface area contributed by atoms with Crippen LogP contribution in [-0.4, -0.2) is 11.5 Å². The van der Waals surface area contributed by atoms with Gasteiger partial charge in [-0.3, -0.25) is 9.09 Å². The highest BCUT2D eigenvalue weighted by atomic mass is 31.1. The van der Waals surface area contributed by atoms with Gasteiger partial charge in [-0.25, -0.2) is 0 Å². The molecule has 1 atom stereocenters. The second kappa shape index (κ2) is 4.79. The maximum Gasteiger partial charge on any atom is 0.317 e. The van der Waals surface area contributed by atoms with Gasteiger partial charge < -0.3 is 4.89 Å². The van der Waals surface area contributed by atoms with Crippen molar-refractivity contribution in [3.63, 3.8) is 0 Å². The van der Waals surface area contributed by atoms with Gasteiger partial charge in [0, 0.05) is 0 Å². The molecule has 46 valence electrons. The molecule has 0 aliphatic heterocycles. The maximum atomic E-state index is 10.8. The summed E-state index contributed by atoms with van der Waals surface area (Å²) in [7, 11) is -2.93. The van der Waals surface area contributed by atoms with E-state index in [0.29, 0.717) is 0 Å². The Balaban J connectivity index is 3.14. The summed E-state index contributed by atoms with van der Waals surface area (Å²) >= 11 is 0. The van der Waals surface area contributed by atoms with Gasteiger partial charge in [0.15, 0.2) is 0 Å². The van der Waals surface area contributed by atoms with Gasteiger partial charge in [-0.1, -0.05) is 0 Å². The molecule has 0 amide bonds. The third kappa shape index (κ3) is 5.64. The molecule has 0 aromatic rings. The Morgan fingerprint density at radius 1 is 1.88 bits per heavy atom. The highest BCUT2D eigenvalue weighted by Crippen LogP contribution is 2.12. The van der Waals surface area contributed by atoms with Crippen molar-refractivity contribution in [1.82, 2.24) is 0 Å². The molecule has 1 N–H and O–H groups in total. The van der Waals surface area contributed by atoms with E-state index in [1.165, 1.54) is 0 Å². The van der Waals surface area contributed by atoms with Crippen molar-refractivity contribution in [3.05, 3.63) is 0 Å². The van der Waals surface area contributed by atoms with Crippen LogP contribution < -0.4 is 0 Å². The first-order valence-corrected chi connectivity index (χ1v) is 2.98. The molecule has 0 spiro atoms. The van der Waals surface area contributed by atoms with Crippen LogP contribution in [0.15, 0.2) is 0 Å². The third-order valence-electron chi connectivity index (χ3n) is 0.335. The first-order valence-electron chi connectivity index (χ1n) is 1.71. The normalized spacial score (nSPS) is 11.8. The summed E-state index contributed by atoms with van der Waals surface area (Å²) in [6, 6.07) is 0. The first-order chi connectivity index (χ1) is 3.77. The van der Waals surface area contributed by atoms with Gasteiger partial charge in [-0.15, -0.1) is 4.39 Å². The smallest absolute Gasteiger partial charge is 0.317 e. The first kappa shape index (κ1) is 7.64. The summed E-state index contributed by atoms with van der Waals surface area (Å²) in [6.07, 6.45) is 1.01. The van der Waals surface area contributed by atoms with Crippen LogP contribution in [0.25, 0.3) is 0 Å². The number of rotatable bonds is 2. The molecule has 0 saturated carbocycles. The summed E-state index contributed by atoms with van der Waals surface area (Å²) in [5.41, 5.74) is 0. The second-order valence-electron chi connectivity index (χ2n) is 0.826. The molecule has 0 aromatic heterocycles. The van der Waals surface area contributed by atoms with Crippen LogP contribution in [0.5, 0.6) is 0 Å². The molecule has 0 aliphatic carbocycles. The van der Waals surface area contributed by atoms with Crippen molar-refractivity contribution in [3.8, 4) is 12.1 Å². The molecule has 0 aliphatic rings. The Morgan fingerprint density at radius 3 is 2.88 bits per heavy atom. The summed E-state index contributed by atoms with van der Waals surface area (Å²) in [5.74, 6) is 1.81.